The summed E-state index contributed by atoms with van der Waals surface area (Å²) in [6.07, 6.45) is 1.98. The molecule has 0 amide bonds. The number of nitrogens with one attached hydrogen (secondary N) is 2. The van der Waals surface area contributed by atoms with Crippen LogP contribution in [0.25, 0.3) is 22.2 Å². The number of aliphatic carboxylic acids is 1. The van der Waals surface area contributed by atoms with Crippen molar-refractivity contribution in [2.24, 2.45) is 0 Å². The first-order valence-corrected chi connectivity index (χ1v) is 8.69. The average Bonchev–Trinajstić information content (AvgIpc) is 3.12. The molecule has 3 N–H and O–H groups in total. The van der Waals surface area contributed by atoms with Crippen molar-refractivity contribution in [3.63, 3.8) is 0 Å². The third-order valence-corrected chi connectivity index (χ3v) is 5.71. The smallest absolute Gasteiger partial charge is 0.326 e. The van der Waals surface area contributed by atoms with E-state index >= 15 is 0 Å². The highest BCUT2D eigenvalue weighted by Crippen LogP contribution is 2.42. The van der Waals surface area contributed by atoms with Crippen LogP contribution in [0.15, 0.2) is 30.3 Å². The zero-order chi connectivity index (χ0) is 16.0. The monoisotopic (exact) mass is 326 g/mol. The minimum absolute atomic E-state index is 0.622. The number of thiophene rings is 1. The van der Waals surface area contributed by atoms with Crippen LogP contribution < -0.4 is 5.32 Å². The van der Waals surface area contributed by atoms with Crippen molar-refractivity contribution in [1.29, 1.82) is 0 Å². The van der Waals surface area contributed by atoms with E-state index in [4.69, 9.17) is 0 Å². The molecule has 3 aromatic rings. The van der Waals surface area contributed by atoms with Gasteiger partial charge in [-0.25, -0.2) is 0 Å². The lowest BCUT2D eigenvalue weighted by molar-refractivity contribution is -0.139. The summed E-state index contributed by atoms with van der Waals surface area (Å²) in [6.45, 7) is 2.57. The molecular formula is C18H18N2O2S. The van der Waals surface area contributed by atoms with Crippen LogP contribution in [0.1, 0.15) is 28.3 Å². The topological polar surface area (TPSA) is 65.1 Å². The quantitative estimate of drug-likeness (QED) is 0.684. The number of benzene rings is 1. The molecule has 1 atom stereocenters. The number of para-hydroxylation sites is 1. The summed E-state index contributed by atoms with van der Waals surface area (Å²) in [5.41, 5.74) is 4.84. The fourth-order valence-corrected chi connectivity index (χ4v) is 4.67. The maximum Gasteiger partial charge on any atom is 0.326 e. The van der Waals surface area contributed by atoms with Gasteiger partial charge in [0.15, 0.2) is 0 Å². The molecule has 23 heavy (non-hydrogen) atoms. The Bertz CT molecular complexity index is 894. The molecule has 1 unspecified atom stereocenters. The lowest BCUT2D eigenvalue weighted by Crippen LogP contribution is -2.27. The molecule has 4 rings (SSSR count). The van der Waals surface area contributed by atoms with Crippen LogP contribution in [0, 0.1) is 0 Å². The summed E-state index contributed by atoms with van der Waals surface area (Å²) in [5.74, 6) is -0.817. The van der Waals surface area contributed by atoms with Gasteiger partial charge in [0.25, 0.3) is 0 Å². The molecule has 2 heterocycles. The van der Waals surface area contributed by atoms with Crippen LogP contribution in [-0.2, 0) is 17.6 Å². The molecule has 0 bridgehead atoms. The van der Waals surface area contributed by atoms with Crippen molar-refractivity contribution in [3.8, 4) is 11.3 Å². The van der Waals surface area contributed by atoms with E-state index in [9.17, 15) is 9.90 Å². The lowest BCUT2D eigenvalue weighted by atomic mass is 9.94. The molecule has 0 aliphatic heterocycles. The van der Waals surface area contributed by atoms with Gasteiger partial charge in [-0.15, -0.1) is 11.3 Å². The third-order valence-electron chi connectivity index (χ3n) is 4.45. The SMILES string of the molecule is CCNC(C(=O)O)c1cc2c(s1)CCc1c-2[nH]c2ccccc12. The van der Waals surface area contributed by atoms with Crippen LogP contribution in [0.5, 0.6) is 0 Å². The fraction of sp³-hybridized carbons (Fsp3) is 0.278. The average molecular weight is 326 g/mol. The number of aromatic nitrogens is 1. The third kappa shape index (κ3) is 2.28. The Morgan fingerprint density at radius 2 is 2.22 bits per heavy atom. The van der Waals surface area contributed by atoms with E-state index in [-0.39, 0.29) is 0 Å². The van der Waals surface area contributed by atoms with Crippen LogP contribution in [0.4, 0.5) is 0 Å². The molecule has 118 valence electrons. The molecule has 0 fully saturated rings. The lowest BCUT2D eigenvalue weighted by Gasteiger charge is -2.11. The van der Waals surface area contributed by atoms with Gasteiger partial charge in [0.1, 0.15) is 6.04 Å². The van der Waals surface area contributed by atoms with Crippen LogP contribution in [-0.4, -0.2) is 22.6 Å². The van der Waals surface area contributed by atoms with Crippen LogP contribution in [0.3, 0.4) is 0 Å². The zero-order valence-electron chi connectivity index (χ0n) is 12.8. The Balaban J connectivity index is 1.84. The van der Waals surface area contributed by atoms with Crippen LogP contribution in [0.2, 0.25) is 0 Å². The molecule has 0 spiro atoms. The minimum atomic E-state index is -0.817. The number of aryl methyl sites for hydroxylation is 2. The first kappa shape index (κ1) is 14.5. The van der Waals surface area contributed by atoms with E-state index in [0.717, 1.165) is 28.9 Å². The molecule has 4 nitrogen and oxygen atoms in total. The molecule has 1 aliphatic rings. The van der Waals surface area contributed by atoms with Gasteiger partial charge in [-0.1, -0.05) is 25.1 Å². The molecule has 2 aromatic heterocycles. The maximum absolute atomic E-state index is 11.5. The predicted octanol–water partition coefficient (Wildman–Crippen LogP) is 3.73. The van der Waals surface area contributed by atoms with Crippen LogP contribution >= 0.6 is 11.3 Å². The van der Waals surface area contributed by atoms with E-state index in [0.29, 0.717) is 6.54 Å². The van der Waals surface area contributed by atoms with Gasteiger partial charge in [-0.2, -0.15) is 0 Å². The van der Waals surface area contributed by atoms with Gasteiger partial charge in [0.2, 0.25) is 0 Å². The number of fused-ring (bicyclic) bond motifs is 5. The predicted molar refractivity (Wildman–Crippen MR) is 93.1 cm³/mol. The number of hydrogen-bond donors (Lipinski definition) is 3. The number of H-pyrrole nitrogens is 1. The van der Waals surface area contributed by atoms with E-state index in [1.54, 1.807) is 11.3 Å². The van der Waals surface area contributed by atoms with Crippen molar-refractivity contribution in [1.82, 2.24) is 10.3 Å². The molecular weight excluding hydrogens is 308 g/mol. The Morgan fingerprint density at radius 3 is 3.00 bits per heavy atom. The number of aromatic amines is 1. The van der Waals surface area contributed by atoms with Crippen molar-refractivity contribution in [2.45, 2.75) is 25.8 Å². The second-order valence-corrected chi connectivity index (χ2v) is 7.01. The Labute approximate surface area is 138 Å². The van der Waals surface area contributed by atoms with E-state index in [2.05, 4.69) is 34.6 Å². The highest BCUT2D eigenvalue weighted by molar-refractivity contribution is 7.12. The Morgan fingerprint density at radius 1 is 1.39 bits per heavy atom. The number of hydrogen-bond acceptors (Lipinski definition) is 3. The van der Waals surface area contributed by atoms with Gasteiger partial charge >= 0.3 is 5.97 Å². The van der Waals surface area contributed by atoms with Gasteiger partial charge in [0.05, 0.1) is 5.69 Å². The molecule has 0 radical (unpaired) electrons. The highest BCUT2D eigenvalue weighted by atomic mass is 32.1. The summed E-state index contributed by atoms with van der Waals surface area (Å²) >= 11 is 1.62. The number of carboxylic acids is 1. The molecule has 0 saturated heterocycles. The highest BCUT2D eigenvalue weighted by Gasteiger charge is 2.27. The first-order chi connectivity index (χ1) is 11.2. The maximum atomic E-state index is 11.5. The summed E-state index contributed by atoms with van der Waals surface area (Å²) in [6, 6.07) is 9.78. The number of rotatable bonds is 4. The Hall–Kier alpha value is -2.11. The molecule has 5 heteroatoms. The van der Waals surface area contributed by atoms with E-state index in [1.807, 2.05) is 13.0 Å². The number of carboxylic acid groups (broad SMARTS) is 1. The molecule has 1 aromatic carbocycles. The minimum Gasteiger partial charge on any atom is -0.480 e. The summed E-state index contributed by atoms with van der Waals surface area (Å²) in [7, 11) is 0. The number of carbonyl (C=O) groups is 1. The van der Waals surface area contributed by atoms with Gasteiger partial charge < -0.3 is 15.4 Å². The normalized spacial score (nSPS) is 14.5. The van der Waals surface area contributed by atoms with Crippen molar-refractivity contribution in [2.75, 3.05) is 6.54 Å². The number of likely N-dealkylation sites (N-methyl/N-ethyl adjacent to an activating group) is 1. The zero-order valence-corrected chi connectivity index (χ0v) is 13.7. The second-order valence-electron chi connectivity index (χ2n) is 5.84. The standard InChI is InChI=1S/C18H18N2O2S/c1-2-19-17(18(21)22)15-9-12-14(23-15)8-7-11-10-5-3-4-6-13(10)20-16(11)12/h3-6,9,17,19-20H,2,7-8H2,1H3,(H,21,22). The van der Waals surface area contributed by atoms with Crippen molar-refractivity contribution >= 4 is 28.2 Å². The van der Waals surface area contributed by atoms with Gasteiger partial charge in [-0.05, 0) is 37.1 Å². The molecule has 1 aliphatic carbocycles. The summed E-state index contributed by atoms with van der Waals surface area (Å²) < 4.78 is 0. The van der Waals surface area contributed by atoms with Crippen molar-refractivity contribution < 1.29 is 9.90 Å². The fourth-order valence-electron chi connectivity index (χ4n) is 3.43. The van der Waals surface area contributed by atoms with Gasteiger partial charge in [0, 0.05) is 26.2 Å². The van der Waals surface area contributed by atoms with Gasteiger partial charge in [-0.3, -0.25) is 4.79 Å². The van der Waals surface area contributed by atoms with E-state index in [1.165, 1.54) is 21.4 Å². The molecule has 0 saturated carbocycles. The van der Waals surface area contributed by atoms with Crippen molar-refractivity contribution in [3.05, 3.63) is 45.6 Å². The Kier molecular flexibility index (Phi) is 3.47. The first-order valence-electron chi connectivity index (χ1n) is 7.87. The van der Waals surface area contributed by atoms with E-state index < -0.39 is 12.0 Å². The second kappa shape index (κ2) is 5.51. The largest absolute Gasteiger partial charge is 0.480 e. The summed E-state index contributed by atoms with van der Waals surface area (Å²) in [4.78, 5) is 17.2. The summed E-state index contributed by atoms with van der Waals surface area (Å²) in [5, 5.41) is 13.8.